The summed E-state index contributed by atoms with van der Waals surface area (Å²) in [7, 11) is 0. The van der Waals surface area contributed by atoms with E-state index in [-0.39, 0.29) is 17.0 Å². The number of nitrogens with zero attached hydrogens (tertiary/aromatic N) is 1. The minimum atomic E-state index is 0. The van der Waals surface area contributed by atoms with Gasteiger partial charge in [-0.2, -0.15) is 0 Å². The van der Waals surface area contributed by atoms with Crippen LogP contribution in [0.15, 0.2) is 0 Å². The second kappa shape index (κ2) is 6.83. The van der Waals surface area contributed by atoms with E-state index in [0.717, 1.165) is 0 Å². The van der Waals surface area contributed by atoms with Gasteiger partial charge >= 0.3 is 0 Å². The summed E-state index contributed by atoms with van der Waals surface area (Å²) in [5.41, 5.74) is 0. The van der Waals surface area contributed by atoms with E-state index in [2.05, 4.69) is 13.8 Å². The van der Waals surface area contributed by atoms with Crippen LogP contribution < -0.4 is 17.0 Å². The predicted octanol–water partition coefficient (Wildman–Crippen LogP) is -0.189. The molecule has 1 rings (SSSR count). The highest BCUT2D eigenvalue weighted by Crippen LogP contribution is 2.20. The third kappa shape index (κ3) is 3.99. The van der Waals surface area contributed by atoms with Crippen LogP contribution in [0.5, 0.6) is 0 Å². The van der Waals surface area contributed by atoms with Crippen molar-refractivity contribution in [3.63, 3.8) is 0 Å². The molecular weight excluding hydrogens is 226 g/mol. The van der Waals surface area contributed by atoms with Gasteiger partial charge in [-0.25, -0.2) is 0 Å². The monoisotopic (exact) mass is 249 g/mol. The van der Waals surface area contributed by atoms with Crippen molar-refractivity contribution >= 4 is 0 Å². The van der Waals surface area contributed by atoms with Gasteiger partial charge < -0.3 is 21.5 Å². The minimum Gasteiger partial charge on any atom is -1.00 e. The van der Waals surface area contributed by atoms with Gasteiger partial charge in [-0.3, -0.25) is 0 Å². The maximum absolute atomic E-state index is 2.36. The van der Waals surface area contributed by atoms with Crippen LogP contribution in [0.1, 0.15) is 46.0 Å². The molecule has 1 fully saturated rings. The number of halogens is 1. The molecule has 0 saturated carbocycles. The van der Waals surface area contributed by atoms with Crippen LogP contribution in [0, 0.1) is 0 Å². The zero-order valence-electron chi connectivity index (χ0n) is 9.19. The van der Waals surface area contributed by atoms with Crippen molar-refractivity contribution < 1.29 is 21.5 Å². The molecule has 1 nitrogen and oxygen atoms in total. The molecular formula is C11H24BrN. The molecule has 1 saturated heterocycles. The fourth-order valence-electron chi connectivity index (χ4n) is 2.40. The van der Waals surface area contributed by atoms with Gasteiger partial charge in [-0.05, 0) is 19.8 Å². The number of hydrogen-bond donors (Lipinski definition) is 0. The van der Waals surface area contributed by atoms with Crippen LogP contribution in [0.4, 0.5) is 0 Å². The number of unbranched alkanes of at least 4 members (excludes halogenated alkanes) is 2. The van der Waals surface area contributed by atoms with Gasteiger partial charge in [-0.15, -0.1) is 0 Å². The average molecular weight is 250 g/mol. The molecule has 80 valence electrons. The lowest BCUT2D eigenvalue weighted by Crippen LogP contribution is -3.00. The number of rotatable bonds is 5. The molecule has 0 radical (unpaired) electrons. The summed E-state index contributed by atoms with van der Waals surface area (Å²) in [6.45, 7) is 10.4. The Hall–Kier alpha value is 0.440. The highest BCUT2D eigenvalue weighted by Gasteiger charge is 2.28. The maximum Gasteiger partial charge on any atom is 0.0788 e. The quantitative estimate of drug-likeness (QED) is 0.469. The third-order valence-electron chi connectivity index (χ3n) is 3.42. The first-order chi connectivity index (χ1) is 5.83. The van der Waals surface area contributed by atoms with Gasteiger partial charge in [0.25, 0.3) is 0 Å². The summed E-state index contributed by atoms with van der Waals surface area (Å²) in [6, 6.07) is 0. The van der Waals surface area contributed by atoms with Gasteiger partial charge in [0.2, 0.25) is 0 Å². The number of quaternary nitrogens is 1. The van der Waals surface area contributed by atoms with Crippen LogP contribution in [-0.4, -0.2) is 30.7 Å². The molecule has 13 heavy (non-hydrogen) atoms. The Kier molecular flexibility index (Phi) is 7.06. The van der Waals surface area contributed by atoms with E-state index in [9.17, 15) is 0 Å². The summed E-state index contributed by atoms with van der Waals surface area (Å²) in [5, 5.41) is 0. The predicted molar refractivity (Wildman–Crippen MR) is 54.2 cm³/mol. The highest BCUT2D eigenvalue weighted by molar-refractivity contribution is 4.54. The van der Waals surface area contributed by atoms with Crippen molar-refractivity contribution in [2.75, 3.05) is 26.2 Å². The van der Waals surface area contributed by atoms with E-state index < -0.39 is 0 Å². The normalized spacial score (nSPS) is 19.8. The summed E-state index contributed by atoms with van der Waals surface area (Å²) in [4.78, 5) is 0. The molecule has 0 aromatic heterocycles. The molecule has 0 spiro atoms. The SMILES string of the molecule is CCCCC[N+]1(CC)CCCC1.[Br-]. The molecule has 0 unspecified atom stereocenters. The maximum atomic E-state index is 2.36. The Labute approximate surface area is 93.9 Å². The lowest BCUT2D eigenvalue weighted by molar-refractivity contribution is -0.915. The molecule has 1 aliphatic heterocycles. The van der Waals surface area contributed by atoms with Gasteiger partial charge in [-0.1, -0.05) is 13.3 Å². The van der Waals surface area contributed by atoms with Crippen molar-refractivity contribution in [1.82, 2.24) is 0 Å². The van der Waals surface area contributed by atoms with Gasteiger partial charge in [0, 0.05) is 12.8 Å². The Morgan fingerprint density at radius 3 is 2.08 bits per heavy atom. The van der Waals surface area contributed by atoms with E-state index in [0.29, 0.717) is 0 Å². The zero-order chi connectivity index (χ0) is 8.86. The van der Waals surface area contributed by atoms with Crippen LogP contribution in [0.3, 0.4) is 0 Å². The van der Waals surface area contributed by atoms with E-state index in [1.54, 1.807) is 0 Å². The molecule has 0 aliphatic carbocycles. The summed E-state index contributed by atoms with van der Waals surface area (Å²) < 4.78 is 1.43. The summed E-state index contributed by atoms with van der Waals surface area (Å²) >= 11 is 0. The van der Waals surface area contributed by atoms with E-state index in [4.69, 9.17) is 0 Å². The molecule has 0 N–H and O–H groups in total. The lowest BCUT2D eigenvalue weighted by Gasteiger charge is -2.33. The number of likely N-dealkylation sites (tertiary alicyclic amines) is 1. The van der Waals surface area contributed by atoms with Crippen LogP contribution in [0.25, 0.3) is 0 Å². The molecule has 0 atom stereocenters. The van der Waals surface area contributed by atoms with E-state index >= 15 is 0 Å². The number of hydrogen-bond acceptors (Lipinski definition) is 0. The second-order valence-electron chi connectivity index (χ2n) is 4.24. The Balaban J connectivity index is 0.00000144. The summed E-state index contributed by atoms with van der Waals surface area (Å²) in [6.07, 6.45) is 7.19. The standard InChI is InChI=1S/C11H24N.BrH/c1-3-5-6-9-12(4-2)10-7-8-11-12;/h3-11H2,1-2H3;1H/q+1;/p-1. The van der Waals surface area contributed by atoms with Crippen LogP contribution >= 0.6 is 0 Å². The van der Waals surface area contributed by atoms with Crippen molar-refractivity contribution in [1.29, 1.82) is 0 Å². The van der Waals surface area contributed by atoms with Gasteiger partial charge in [0.15, 0.2) is 0 Å². The lowest BCUT2D eigenvalue weighted by atomic mass is 10.2. The first-order valence-electron chi connectivity index (χ1n) is 5.68. The van der Waals surface area contributed by atoms with Crippen LogP contribution in [-0.2, 0) is 0 Å². The summed E-state index contributed by atoms with van der Waals surface area (Å²) in [5.74, 6) is 0. The average Bonchev–Trinajstić information content (AvgIpc) is 2.55. The van der Waals surface area contributed by atoms with E-state index in [1.165, 1.54) is 62.8 Å². The Bertz CT molecular complexity index is 119. The smallest absolute Gasteiger partial charge is 0.0788 e. The topological polar surface area (TPSA) is 0 Å². The molecule has 2 heteroatoms. The highest BCUT2D eigenvalue weighted by atomic mass is 79.9. The fraction of sp³-hybridized carbons (Fsp3) is 1.00. The zero-order valence-corrected chi connectivity index (χ0v) is 10.8. The van der Waals surface area contributed by atoms with Crippen molar-refractivity contribution in [3.05, 3.63) is 0 Å². The first kappa shape index (κ1) is 13.4. The third-order valence-corrected chi connectivity index (χ3v) is 3.42. The fourth-order valence-corrected chi connectivity index (χ4v) is 2.40. The molecule has 0 amide bonds. The largest absolute Gasteiger partial charge is 1.00 e. The first-order valence-corrected chi connectivity index (χ1v) is 5.68. The second-order valence-corrected chi connectivity index (χ2v) is 4.24. The molecule has 0 aromatic rings. The van der Waals surface area contributed by atoms with Crippen molar-refractivity contribution in [3.8, 4) is 0 Å². The van der Waals surface area contributed by atoms with Gasteiger partial charge in [0.1, 0.15) is 0 Å². The minimum absolute atomic E-state index is 0. The Morgan fingerprint density at radius 1 is 1.00 bits per heavy atom. The van der Waals surface area contributed by atoms with Crippen molar-refractivity contribution in [2.45, 2.75) is 46.0 Å². The molecule has 0 aromatic carbocycles. The molecule has 0 bridgehead atoms. The van der Waals surface area contributed by atoms with Crippen molar-refractivity contribution in [2.24, 2.45) is 0 Å². The Morgan fingerprint density at radius 2 is 1.62 bits per heavy atom. The molecule has 1 heterocycles. The van der Waals surface area contributed by atoms with Crippen LogP contribution in [0.2, 0.25) is 0 Å². The van der Waals surface area contributed by atoms with E-state index in [1.807, 2.05) is 0 Å². The molecule has 1 aliphatic rings. The van der Waals surface area contributed by atoms with Gasteiger partial charge in [0.05, 0.1) is 26.2 Å².